The highest BCUT2D eigenvalue weighted by molar-refractivity contribution is 6.08. The number of hydrogen-bond acceptors (Lipinski definition) is 5. The smallest absolute Gasteiger partial charge is 0.263 e. The molecule has 6 heteroatoms. The molecule has 2 N–H and O–H groups in total. The number of benzene rings is 3. The molecule has 1 aliphatic heterocycles. The third-order valence-corrected chi connectivity index (χ3v) is 5.79. The first kappa shape index (κ1) is 18.9. The first-order valence-electron chi connectivity index (χ1n) is 10.1. The Morgan fingerprint density at radius 2 is 1.58 bits per heavy atom. The first-order chi connectivity index (χ1) is 15.1. The molecular formula is C25H21N3O3. The minimum atomic E-state index is -0.311. The fourth-order valence-electron chi connectivity index (χ4n) is 4.23. The van der Waals surface area contributed by atoms with E-state index in [0.717, 1.165) is 5.69 Å². The van der Waals surface area contributed by atoms with Gasteiger partial charge in [0.25, 0.3) is 5.56 Å². The predicted octanol–water partition coefficient (Wildman–Crippen LogP) is 4.31. The van der Waals surface area contributed by atoms with Crippen LogP contribution in [0.15, 0.2) is 88.8 Å². The van der Waals surface area contributed by atoms with Crippen LogP contribution in [0.3, 0.4) is 0 Å². The van der Waals surface area contributed by atoms with Crippen molar-refractivity contribution in [3.8, 4) is 11.5 Å². The average molecular weight is 411 g/mol. The Hall–Kier alpha value is -4.06. The Morgan fingerprint density at radius 1 is 0.903 bits per heavy atom. The molecule has 1 aliphatic rings. The molecule has 6 nitrogen and oxygen atoms in total. The molecule has 0 amide bonds. The van der Waals surface area contributed by atoms with Gasteiger partial charge in [0.2, 0.25) is 0 Å². The zero-order valence-electron chi connectivity index (χ0n) is 16.9. The van der Waals surface area contributed by atoms with Gasteiger partial charge in [-0.1, -0.05) is 48.5 Å². The van der Waals surface area contributed by atoms with E-state index in [1.807, 2.05) is 54.6 Å². The number of phenolic OH excluding ortho intramolecular Hbond substituents is 1. The molecule has 3 aromatic carbocycles. The van der Waals surface area contributed by atoms with Gasteiger partial charge in [-0.15, -0.1) is 0 Å². The lowest BCUT2D eigenvalue weighted by Crippen LogP contribution is -2.24. The van der Waals surface area contributed by atoms with Crippen molar-refractivity contribution in [3.05, 3.63) is 100 Å². The Morgan fingerprint density at radius 3 is 2.35 bits per heavy atom. The summed E-state index contributed by atoms with van der Waals surface area (Å²) in [5.74, 6) is 0.101. The van der Waals surface area contributed by atoms with Gasteiger partial charge >= 0.3 is 0 Å². The molecule has 0 radical (unpaired) electrons. The molecule has 31 heavy (non-hydrogen) atoms. The molecule has 0 spiro atoms. The molecule has 0 unspecified atom stereocenters. The zero-order valence-corrected chi connectivity index (χ0v) is 16.9. The van der Waals surface area contributed by atoms with Crippen LogP contribution in [-0.4, -0.2) is 20.5 Å². The Labute approximate surface area is 178 Å². The van der Waals surface area contributed by atoms with E-state index in [-0.39, 0.29) is 28.7 Å². The van der Waals surface area contributed by atoms with Gasteiger partial charge in [-0.2, -0.15) is 5.10 Å². The summed E-state index contributed by atoms with van der Waals surface area (Å²) in [5.41, 5.74) is 2.58. The molecule has 5 rings (SSSR count). The number of nitrogens with zero attached hydrogens (tertiary/aromatic N) is 3. The summed E-state index contributed by atoms with van der Waals surface area (Å²) in [5, 5.41) is 28.7. The van der Waals surface area contributed by atoms with Crippen LogP contribution in [0.5, 0.6) is 11.5 Å². The van der Waals surface area contributed by atoms with Crippen LogP contribution in [0.25, 0.3) is 10.9 Å². The molecular weight excluding hydrogens is 390 g/mol. The van der Waals surface area contributed by atoms with Gasteiger partial charge in [0, 0.05) is 24.4 Å². The summed E-state index contributed by atoms with van der Waals surface area (Å²) in [6.07, 6.45) is 0.369. The summed E-state index contributed by atoms with van der Waals surface area (Å²) in [7, 11) is 1.69. The summed E-state index contributed by atoms with van der Waals surface area (Å²) in [6, 6.07) is 23.7. The van der Waals surface area contributed by atoms with Gasteiger partial charge in [-0.3, -0.25) is 9.80 Å². The van der Waals surface area contributed by atoms with E-state index < -0.39 is 0 Å². The Bertz CT molecular complexity index is 1380. The van der Waals surface area contributed by atoms with Crippen molar-refractivity contribution in [2.75, 3.05) is 5.01 Å². The molecule has 154 valence electrons. The van der Waals surface area contributed by atoms with Crippen molar-refractivity contribution in [1.82, 2.24) is 4.57 Å². The molecule has 0 saturated carbocycles. The predicted molar refractivity (Wildman–Crippen MR) is 122 cm³/mol. The van der Waals surface area contributed by atoms with Crippen molar-refractivity contribution in [3.63, 3.8) is 0 Å². The fourth-order valence-corrected chi connectivity index (χ4v) is 4.23. The van der Waals surface area contributed by atoms with Crippen LogP contribution in [0.4, 0.5) is 5.69 Å². The SMILES string of the molecule is Cn1c(=O)c(C2=NN(c3ccccc3)[C@@H](c3ccccc3O)C2)c(O)c2ccccc21. The van der Waals surface area contributed by atoms with Gasteiger partial charge < -0.3 is 14.8 Å². The quantitative estimate of drug-likeness (QED) is 0.527. The summed E-state index contributed by atoms with van der Waals surface area (Å²) < 4.78 is 1.53. The fraction of sp³-hybridized carbons (Fsp3) is 0.120. The Balaban J connectivity index is 1.71. The summed E-state index contributed by atoms with van der Waals surface area (Å²) >= 11 is 0. The second-order valence-electron chi connectivity index (χ2n) is 7.61. The number of para-hydroxylation sites is 3. The molecule has 1 atom stereocenters. The number of hydrazone groups is 1. The van der Waals surface area contributed by atoms with Gasteiger partial charge in [0.15, 0.2) is 0 Å². The standard InChI is InChI=1S/C25H21N3O3/c1-27-20-13-7-5-12-18(20)24(30)23(25(27)31)19-15-21(17-11-6-8-14-22(17)29)28(26-19)16-9-3-2-4-10-16/h2-14,21,29-30H,15H2,1H3/t21-/m1/s1. The second kappa shape index (κ2) is 7.32. The van der Waals surface area contributed by atoms with E-state index in [0.29, 0.717) is 28.6 Å². The maximum absolute atomic E-state index is 13.2. The second-order valence-corrected chi connectivity index (χ2v) is 7.61. The highest BCUT2D eigenvalue weighted by Gasteiger charge is 2.34. The van der Waals surface area contributed by atoms with Crippen molar-refractivity contribution >= 4 is 22.3 Å². The lowest BCUT2D eigenvalue weighted by molar-refractivity contribution is 0.461. The molecule has 4 aromatic rings. The number of fused-ring (bicyclic) bond motifs is 1. The normalized spacial score (nSPS) is 16.0. The van der Waals surface area contributed by atoms with Crippen LogP contribution >= 0.6 is 0 Å². The molecule has 0 fully saturated rings. The minimum absolute atomic E-state index is 0.0663. The number of pyridine rings is 1. The van der Waals surface area contributed by atoms with E-state index in [1.54, 1.807) is 36.3 Å². The van der Waals surface area contributed by atoms with Crippen LogP contribution in [-0.2, 0) is 7.05 Å². The zero-order chi connectivity index (χ0) is 21.5. The van der Waals surface area contributed by atoms with Gasteiger partial charge in [0.05, 0.1) is 23.0 Å². The van der Waals surface area contributed by atoms with Crippen molar-refractivity contribution in [2.24, 2.45) is 12.1 Å². The highest BCUT2D eigenvalue weighted by Crippen LogP contribution is 2.40. The monoisotopic (exact) mass is 411 g/mol. The number of phenols is 1. The van der Waals surface area contributed by atoms with E-state index in [9.17, 15) is 15.0 Å². The molecule has 1 aromatic heterocycles. The van der Waals surface area contributed by atoms with Crippen molar-refractivity contribution in [2.45, 2.75) is 12.5 Å². The van der Waals surface area contributed by atoms with Gasteiger partial charge in [-0.05, 0) is 30.3 Å². The number of hydrogen-bond donors (Lipinski definition) is 2. The van der Waals surface area contributed by atoms with E-state index in [4.69, 9.17) is 5.10 Å². The van der Waals surface area contributed by atoms with Crippen molar-refractivity contribution < 1.29 is 10.2 Å². The lowest BCUT2D eigenvalue weighted by Gasteiger charge is -2.24. The summed E-state index contributed by atoms with van der Waals surface area (Å²) in [4.78, 5) is 13.2. The molecule has 0 bridgehead atoms. The number of aryl methyl sites for hydroxylation is 1. The third kappa shape index (κ3) is 3.04. The van der Waals surface area contributed by atoms with Crippen LogP contribution in [0.1, 0.15) is 23.6 Å². The first-order valence-corrected chi connectivity index (χ1v) is 10.1. The van der Waals surface area contributed by atoms with E-state index >= 15 is 0 Å². The van der Waals surface area contributed by atoms with Crippen LogP contribution < -0.4 is 10.6 Å². The molecule has 2 heterocycles. The van der Waals surface area contributed by atoms with E-state index in [2.05, 4.69) is 0 Å². The van der Waals surface area contributed by atoms with E-state index in [1.165, 1.54) is 4.57 Å². The maximum Gasteiger partial charge on any atom is 0.263 e. The Kier molecular flexibility index (Phi) is 4.47. The maximum atomic E-state index is 13.2. The largest absolute Gasteiger partial charge is 0.508 e. The minimum Gasteiger partial charge on any atom is -0.508 e. The third-order valence-electron chi connectivity index (χ3n) is 5.79. The van der Waals surface area contributed by atoms with Crippen molar-refractivity contribution in [1.29, 1.82) is 0 Å². The highest BCUT2D eigenvalue weighted by atomic mass is 16.3. The van der Waals surface area contributed by atoms with Crippen LogP contribution in [0, 0.1) is 0 Å². The number of aromatic hydroxyl groups is 2. The summed E-state index contributed by atoms with van der Waals surface area (Å²) in [6.45, 7) is 0. The lowest BCUT2D eigenvalue weighted by atomic mass is 9.96. The number of aromatic nitrogens is 1. The van der Waals surface area contributed by atoms with Gasteiger partial charge in [0.1, 0.15) is 17.1 Å². The average Bonchev–Trinajstić information content (AvgIpc) is 3.23. The topological polar surface area (TPSA) is 78.1 Å². The van der Waals surface area contributed by atoms with Gasteiger partial charge in [-0.25, -0.2) is 0 Å². The molecule has 0 aliphatic carbocycles. The molecule has 0 saturated heterocycles. The number of anilines is 1. The number of rotatable bonds is 3. The van der Waals surface area contributed by atoms with Crippen LogP contribution in [0.2, 0.25) is 0 Å².